The maximum absolute atomic E-state index is 13.3. The Morgan fingerprint density at radius 2 is 1.90 bits per heavy atom. The van der Waals surface area contributed by atoms with Crippen molar-refractivity contribution in [2.75, 3.05) is 40.0 Å². The third-order valence-corrected chi connectivity index (χ3v) is 6.30. The van der Waals surface area contributed by atoms with Crippen LogP contribution in [0.1, 0.15) is 49.8 Å². The summed E-state index contributed by atoms with van der Waals surface area (Å²) >= 11 is 0. The smallest absolute Gasteiger partial charge is 0.310 e. The predicted octanol–water partition coefficient (Wildman–Crippen LogP) is 2.72. The first kappa shape index (κ1) is 23.3. The first-order valence-electron chi connectivity index (χ1n) is 11.2. The van der Waals surface area contributed by atoms with Gasteiger partial charge in [-0.05, 0) is 45.1 Å². The molecule has 0 saturated carbocycles. The number of nitrogens with zero attached hydrogens (tertiary/aromatic N) is 2. The van der Waals surface area contributed by atoms with Crippen LogP contribution in [0.3, 0.4) is 0 Å². The van der Waals surface area contributed by atoms with Gasteiger partial charge < -0.3 is 19.3 Å². The second-order valence-corrected chi connectivity index (χ2v) is 8.56. The van der Waals surface area contributed by atoms with Crippen LogP contribution >= 0.6 is 0 Å². The zero-order chi connectivity index (χ0) is 22.4. The molecule has 1 aromatic carbocycles. The van der Waals surface area contributed by atoms with E-state index in [1.807, 2.05) is 25.1 Å². The lowest BCUT2D eigenvalue weighted by atomic mass is 9.87. The van der Waals surface area contributed by atoms with Crippen LogP contribution in [0, 0.1) is 18.8 Å². The summed E-state index contributed by atoms with van der Waals surface area (Å²) in [6, 6.07) is 8.14. The maximum Gasteiger partial charge on any atom is 0.310 e. The van der Waals surface area contributed by atoms with Gasteiger partial charge in [0.1, 0.15) is 6.61 Å². The zero-order valence-electron chi connectivity index (χ0n) is 18.8. The molecule has 0 N–H and O–H groups in total. The normalized spacial score (nSPS) is 24.0. The molecule has 170 valence electrons. The molecular formula is C24H34N2O5. The second-order valence-electron chi connectivity index (χ2n) is 8.56. The van der Waals surface area contributed by atoms with Crippen LogP contribution < -0.4 is 0 Å². The van der Waals surface area contributed by atoms with Crippen molar-refractivity contribution in [2.24, 2.45) is 11.8 Å². The van der Waals surface area contributed by atoms with Gasteiger partial charge in [-0.25, -0.2) is 0 Å². The van der Waals surface area contributed by atoms with Crippen LogP contribution in [-0.2, 0) is 23.9 Å². The van der Waals surface area contributed by atoms with E-state index in [1.54, 1.807) is 16.7 Å². The fourth-order valence-electron chi connectivity index (χ4n) is 4.77. The van der Waals surface area contributed by atoms with E-state index < -0.39 is 0 Å². The molecule has 0 spiro atoms. The van der Waals surface area contributed by atoms with E-state index in [0.717, 1.165) is 36.8 Å². The van der Waals surface area contributed by atoms with Gasteiger partial charge in [0.2, 0.25) is 11.8 Å². The Balaban J connectivity index is 1.72. The van der Waals surface area contributed by atoms with Crippen molar-refractivity contribution in [1.82, 2.24) is 9.80 Å². The molecule has 0 aliphatic carbocycles. The van der Waals surface area contributed by atoms with Gasteiger partial charge in [-0.15, -0.1) is 0 Å². The van der Waals surface area contributed by atoms with Crippen LogP contribution in [0.5, 0.6) is 0 Å². The van der Waals surface area contributed by atoms with E-state index >= 15 is 0 Å². The summed E-state index contributed by atoms with van der Waals surface area (Å²) in [7, 11) is 1.51. The summed E-state index contributed by atoms with van der Waals surface area (Å²) in [5.41, 5.74) is 2.24. The second kappa shape index (κ2) is 10.8. The summed E-state index contributed by atoms with van der Waals surface area (Å²) in [6.45, 7) is 5.61. The number of esters is 1. The molecule has 2 saturated heterocycles. The SMILES string of the molecule is CCOC(=O)C1CCCN(C(=O)C2CCC(c3cccc(C)c3)N(C(=O)COC)C2)C1. The van der Waals surface area contributed by atoms with Gasteiger partial charge in [-0.1, -0.05) is 29.8 Å². The lowest BCUT2D eigenvalue weighted by Crippen LogP contribution is -2.51. The van der Waals surface area contributed by atoms with Crippen molar-refractivity contribution in [2.45, 2.75) is 45.6 Å². The summed E-state index contributed by atoms with van der Waals surface area (Å²) < 4.78 is 10.3. The van der Waals surface area contributed by atoms with E-state index in [-0.39, 0.29) is 42.3 Å². The highest BCUT2D eigenvalue weighted by molar-refractivity contribution is 5.83. The number of rotatable bonds is 6. The quantitative estimate of drug-likeness (QED) is 0.649. The van der Waals surface area contributed by atoms with Gasteiger partial charge in [0.25, 0.3) is 0 Å². The number of aryl methyl sites for hydroxylation is 1. The van der Waals surface area contributed by atoms with E-state index in [0.29, 0.717) is 26.2 Å². The fourth-order valence-corrected chi connectivity index (χ4v) is 4.77. The number of carbonyl (C=O) groups is 3. The maximum atomic E-state index is 13.3. The van der Waals surface area contributed by atoms with Crippen LogP contribution in [0.4, 0.5) is 0 Å². The number of hydrogen-bond donors (Lipinski definition) is 0. The molecule has 3 rings (SSSR count). The average Bonchev–Trinajstić information content (AvgIpc) is 2.78. The molecule has 3 unspecified atom stereocenters. The molecule has 2 fully saturated rings. The number of ether oxygens (including phenoxy) is 2. The van der Waals surface area contributed by atoms with Gasteiger partial charge in [0, 0.05) is 26.7 Å². The van der Waals surface area contributed by atoms with Crippen molar-refractivity contribution < 1.29 is 23.9 Å². The fraction of sp³-hybridized carbons (Fsp3) is 0.625. The number of amides is 2. The first-order chi connectivity index (χ1) is 14.9. The van der Waals surface area contributed by atoms with Crippen LogP contribution in [0.2, 0.25) is 0 Å². The first-order valence-corrected chi connectivity index (χ1v) is 11.2. The largest absolute Gasteiger partial charge is 0.466 e. The van der Waals surface area contributed by atoms with Crippen molar-refractivity contribution in [3.63, 3.8) is 0 Å². The van der Waals surface area contributed by atoms with Gasteiger partial charge in [-0.2, -0.15) is 0 Å². The molecule has 2 heterocycles. The molecule has 7 nitrogen and oxygen atoms in total. The Morgan fingerprint density at radius 3 is 2.61 bits per heavy atom. The molecule has 2 aliphatic rings. The van der Waals surface area contributed by atoms with E-state index in [4.69, 9.17) is 9.47 Å². The molecule has 31 heavy (non-hydrogen) atoms. The highest BCUT2D eigenvalue weighted by Gasteiger charge is 2.38. The molecule has 2 amide bonds. The monoisotopic (exact) mass is 430 g/mol. The summed E-state index contributed by atoms with van der Waals surface area (Å²) in [4.78, 5) is 41.9. The number of carbonyl (C=O) groups excluding carboxylic acids is 3. The van der Waals surface area contributed by atoms with Gasteiger partial charge >= 0.3 is 5.97 Å². The topological polar surface area (TPSA) is 76.2 Å². The van der Waals surface area contributed by atoms with E-state index in [9.17, 15) is 14.4 Å². The van der Waals surface area contributed by atoms with Gasteiger partial charge in [0.05, 0.1) is 24.5 Å². The minimum absolute atomic E-state index is 0.00211. The molecule has 0 bridgehead atoms. The summed E-state index contributed by atoms with van der Waals surface area (Å²) in [6.07, 6.45) is 2.99. The van der Waals surface area contributed by atoms with Crippen molar-refractivity contribution in [1.29, 1.82) is 0 Å². The number of likely N-dealkylation sites (tertiary alicyclic amines) is 2. The Morgan fingerprint density at radius 1 is 1.10 bits per heavy atom. The van der Waals surface area contributed by atoms with Crippen LogP contribution in [0.15, 0.2) is 24.3 Å². The van der Waals surface area contributed by atoms with E-state index in [1.165, 1.54) is 7.11 Å². The number of methoxy groups -OCH3 is 1. The Bertz CT molecular complexity index is 796. The number of hydrogen-bond acceptors (Lipinski definition) is 5. The zero-order valence-corrected chi connectivity index (χ0v) is 18.8. The van der Waals surface area contributed by atoms with Gasteiger partial charge in [0.15, 0.2) is 0 Å². The standard InChI is InChI=1S/C24H34N2O5/c1-4-31-24(29)20-9-6-12-25(14-20)23(28)19-10-11-21(18-8-5-7-17(2)13-18)26(15-19)22(27)16-30-3/h5,7-8,13,19-21H,4,6,9-12,14-16H2,1-3H3. The average molecular weight is 431 g/mol. The van der Waals surface area contributed by atoms with Crippen molar-refractivity contribution in [3.05, 3.63) is 35.4 Å². The lowest BCUT2D eigenvalue weighted by molar-refractivity contribution is -0.152. The molecule has 1 aromatic rings. The summed E-state index contributed by atoms with van der Waals surface area (Å²) in [5, 5.41) is 0. The molecule has 0 aromatic heterocycles. The van der Waals surface area contributed by atoms with E-state index in [2.05, 4.69) is 6.07 Å². The molecule has 2 aliphatic heterocycles. The molecular weight excluding hydrogens is 396 g/mol. The summed E-state index contributed by atoms with van der Waals surface area (Å²) in [5.74, 6) is -0.808. The number of piperidine rings is 2. The lowest BCUT2D eigenvalue weighted by Gasteiger charge is -2.42. The highest BCUT2D eigenvalue weighted by atomic mass is 16.5. The Kier molecular flexibility index (Phi) is 8.07. The number of benzene rings is 1. The minimum Gasteiger partial charge on any atom is -0.466 e. The molecule has 7 heteroatoms. The molecule has 3 atom stereocenters. The van der Waals surface area contributed by atoms with Crippen LogP contribution in [0.25, 0.3) is 0 Å². The highest BCUT2D eigenvalue weighted by Crippen LogP contribution is 2.35. The Labute approximate surface area is 184 Å². The molecule has 0 radical (unpaired) electrons. The third kappa shape index (κ3) is 5.64. The van der Waals surface area contributed by atoms with Crippen molar-refractivity contribution >= 4 is 17.8 Å². The van der Waals surface area contributed by atoms with Crippen molar-refractivity contribution in [3.8, 4) is 0 Å². The van der Waals surface area contributed by atoms with Gasteiger partial charge in [-0.3, -0.25) is 14.4 Å². The third-order valence-electron chi connectivity index (χ3n) is 6.30. The Hall–Kier alpha value is -2.41. The predicted molar refractivity (Wildman–Crippen MR) is 116 cm³/mol. The van der Waals surface area contributed by atoms with Crippen LogP contribution in [-0.4, -0.2) is 67.5 Å². The minimum atomic E-state index is -0.261.